The molecule has 2 heterocycles. The summed E-state index contributed by atoms with van der Waals surface area (Å²) >= 11 is 7.20. The van der Waals surface area contributed by atoms with Crippen LogP contribution in [-0.2, 0) is 0 Å². The van der Waals surface area contributed by atoms with E-state index in [4.69, 9.17) is 11.6 Å². The van der Waals surface area contributed by atoms with Crippen LogP contribution in [0.2, 0.25) is 5.02 Å². The monoisotopic (exact) mass is 446 g/mol. The van der Waals surface area contributed by atoms with Crippen molar-refractivity contribution >= 4 is 45.7 Å². The predicted octanol–water partition coefficient (Wildman–Crippen LogP) is 4.13. The third kappa shape index (κ3) is 4.72. The molecule has 0 fully saturated rings. The lowest BCUT2D eigenvalue weighted by Crippen LogP contribution is -2.41. The number of fused-ring (bicyclic) bond motifs is 1. The topological polar surface area (TPSA) is 84.0 Å². The zero-order valence-corrected chi connectivity index (χ0v) is 17.8. The minimum Gasteiger partial charge on any atom is -0.267 e. The molecule has 0 radical (unpaired) electrons. The van der Waals surface area contributed by atoms with Crippen LogP contribution >= 0.6 is 22.9 Å². The number of hydrazine groups is 1. The van der Waals surface area contributed by atoms with Crippen molar-refractivity contribution in [1.29, 1.82) is 0 Å². The highest BCUT2D eigenvalue weighted by Crippen LogP contribution is 2.19. The molecule has 31 heavy (non-hydrogen) atoms. The Balaban J connectivity index is 1.42. The van der Waals surface area contributed by atoms with Gasteiger partial charge in [0, 0.05) is 17.1 Å². The van der Waals surface area contributed by atoms with Gasteiger partial charge in [-0.25, -0.2) is 4.98 Å². The first-order valence-electron chi connectivity index (χ1n) is 9.20. The molecule has 0 unspecified atom stereocenters. The maximum absolute atomic E-state index is 12.3. The summed E-state index contributed by atoms with van der Waals surface area (Å²) in [6, 6.07) is 14.9. The number of nitrogens with zero attached hydrogens (tertiary/aromatic N) is 2. The third-order valence-electron chi connectivity index (χ3n) is 4.37. The number of nitrogens with one attached hydrogen (secondary N) is 2. The number of aryl methyl sites for hydroxylation is 1. The molecule has 6 nitrogen and oxygen atoms in total. The van der Waals surface area contributed by atoms with Gasteiger partial charge in [-0.3, -0.25) is 25.4 Å². The van der Waals surface area contributed by atoms with Gasteiger partial charge in [0.2, 0.25) is 0 Å². The zero-order chi connectivity index (χ0) is 21.8. The molecule has 8 heteroatoms. The van der Waals surface area contributed by atoms with Gasteiger partial charge in [0.1, 0.15) is 4.88 Å². The van der Waals surface area contributed by atoms with Crippen LogP contribution in [-0.4, -0.2) is 21.8 Å². The molecule has 2 N–H and O–H groups in total. The lowest BCUT2D eigenvalue weighted by molar-refractivity contribution is 0.0848. The maximum Gasteiger partial charge on any atom is 0.281 e. The van der Waals surface area contributed by atoms with E-state index < -0.39 is 11.8 Å². The van der Waals surface area contributed by atoms with E-state index >= 15 is 0 Å². The van der Waals surface area contributed by atoms with E-state index in [0.717, 1.165) is 27.8 Å². The molecule has 0 bridgehead atoms. The van der Waals surface area contributed by atoms with Gasteiger partial charge >= 0.3 is 0 Å². The van der Waals surface area contributed by atoms with Crippen molar-refractivity contribution in [1.82, 2.24) is 20.8 Å². The van der Waals surface area contributed by atoms with E-state index in [1.54, 1.807) is 31.3 Å². The Morgan fingerprint density at radius 3 is 2.61 bits per heavy atom. The average Bonchev–Trinajstić information content (AvgIpc) is 3.25. The van der Waals surface area contributed by atoms with Crippen molar-refractivity contribution < 1.29 is 9.59 Å². The Labute approximate surface area is 187 Å². The highest BCUT2D eigenvalue weighted by Gasteiger charge is 2.15. The van der Waals surface area contributed by atoms with E-state index in [1.807, 2.05) is 30.3 Å². The molecule has 4 rings (SSSR count). The SMILES string of the molecule is Cc1cccc(Cl)c1C(=O)NNC(=O)c1cnc(C#Cc2cnc3ccccc3c2)s1. The molecule has 0 aliphatic heterocycles. The van der Waals surface area contributed by atoms with Gasteiger partial charge in [-0.1, -0.05) is 47.9 Å². The van der Waals surface area contributed by atoms with E-state index in [1.165, 1.54) is 6.20 Å². The first-order chi connectivity index (χ1) is 15.0. The second-order valence-electron chi connectivity index (χ2n) is 6.54. The second kappa shape index (κ2) is 8.96. The number of hydrogen-bond acceptors (Lipinski definition) is 5. The van der Waals surface area contributed by atoms with Gasteiger partial charge in [0.05, 0.1) is 22.3 Å². The van der Waals surface area contributed by atoms with Gasteiger partial charge in [0.15, 0.2) is 5.01 Å². The Hall–Kier alpha value is -3.73. The van der Waals surface area contributed by atoms with Crippen molar-refractivity contribution in [2.75, 3.05) is 0 Å². The average molecular weight is 447 g/mol. The van der Waals surface area contributed by atoms with E-state index in [9.17, 15) is 9.59 Å². The number of hydrogen-bond donors (Lipinski definition) is 2. The molecule has 4 aromatic rings. The Morgan fingerprint density at radius 1 is 0.968 bits per heavy atom. The number of halogens is 1. The number of aromatic nitrogens is 2. The lowest BCUT2D eigenvalue weighted by Gasteiger charge is -2.09. The van der Waals surface area contributed by atoms with Gasteiger partial charge in [0.25, 0.3) is 11.8 Å². The summed E-state index contributed by atoms with van der Waals surface area (Å²) in [5.41, 5.74) is 7.42. The van der Waals surface area contributed by atoms with Crippen molar-refractivity contribution in [2.45, 2.75) is 6.92 Å². The van der Waals surface area contributed by atoms with Crippen LogP contribution in [0, 0.1) is 18.8 Å². The minimum atomic E-state index is -0.496. The highest BCUT2D eigenvalue weighted by atomic mass is 35.5. The number of pyridine rings is 1. The second-order valence-corrected chi connectivity index (χ2v) is 7.97. The Morgan fingerprint density at radius 2 is 1.77 bits per heavy atom. The number of amides is 2. The summed E-state index contributed by atoms with van der Waals surface area (Å²) < 4.78 is 0. The molecule has 2 aromatic carbocycles. The molecule has 152 valence electrons. The molecule has 0 aliphatic rings. The van der Waals surface area contributed by atoms with Crippen molar-refractivity contribution in [3.05, 3.63) is 92.5 Å². The molecule has 0 saturated heterocycles. The van der Waals surface area contributed by atoms with E-state index in [2.05, 4.69) is 32.7 Å². The number of benzene rings is 2. The molecule has 0 atom stereocenters. The highest BCUT2D eigenvalue weighted by molar-refractivity contribution is 7.14. The summed E-state index contributed by atoms with van der Waals surface area (Å²) in [4.78, 5) is 33.5. The summed E-state index contributed by atoms with van der Waals surface area (Å²) in [6.45, 7) is 1.77. The largest absolute Gasteiger partial charge is 0.281 e. The third-order valence-corrected chi connectivity index (χ3v) is 5.60. The summed E-state index contributed by atoms with van der Waals surface area (Å²) in [7, 11) is 0. The van der Waals surface area contributed by atoms with Crippen LogP contribution in [0.25, 0.3) is 10.9 Å². The molecule has 2 amide bonds. The Kier molecular flexibility index (Phi) is 5.94. The fourth-order valence-electron chi connectivity index (χ4n) is 2.86. The van der Waals surface area contributed by atoms with Crippen LogP contribution < -0.4 is 10.9 Å². The summed E-state index contributed by atoms with van der Waals surface area (Å²) in [5.74, 6) is 4.96. The summed E-state index contributed by atoms with van der Waals surface area (Å²) in [5, 5.41) is 1.79. The quantitative estimate of drug-likeness (QED) is 0.358. The first kappa shape index (κ1) is 20.5. The van der Waals surface area contributed by atoms with Crippen molar-refractivity contribution in [3.8, 4) is 11.8 Å². The number of carbonyl (C=O) groups is 2. The molecule has 0 aliphatic carbocycles. The fraction of sp³-hybridized carbons (Fsp3) is 0.0435. The zero-order valence-electron chi connectivity index (χ0n) is 16.3. The standard InChI is InChI=1S/C23H15ClN4O2S/c1-14-5-4-7-17(24)21(14)23(30)28-27-22(29)19-13-26-20(31-19)10-9-15-11-16-6-2-3-8-18(16)25-12-15/h2-8,11-13H,1H3,(H,27,29)(H,28,30). The molecular formula is C23H15ClN4O2S. The summed E-state index contributed by atoms with van der Waals surface area (Å²) in [6.07, 6.45) is 3.11. The number of para-hydroxylation sites is 1. The van der Waals surface area contributed by atoms with Crippen molar-refractivity contribution in [2.24, 2.45) is 0 Å². The predicted molar refractivity (Wildman–Crippen MR) is 121 cm³/mol. The molecule has 0 saturated carbocycles. The fourth-order valence-corrected chi connectivity index (χ4v) is 3.83. The van der Waals surface area contributed by atoms with Gasteiger partial charge in [-0.05, 0) is 36.6 Å². The molecule has 2 aromatic heterocycles. The van der Waals surface area contributed by atoms with E-state index in [0.29, 0.717) is 26.0 Å². The Bertz CT molecular complexity index is 1350. The number of carbonyl (C=O) groups excluding carboxylic acids is 2. The first-order valence-corrected chi connectivity index (χ1v) is 10.4. The lowest BCUT2D eigenvalue weighted by atomic mass is 10.1. The normalized spacial score (nSPS) is 10.3. The van der Waals surface area contributed by atoms with Crippen LogP contribution in [0.5, 0.6) is 0 Å². The molecule has 0 spiro atoms. The molecular weight excluding hydrogens is 432 g/mol. The number of thiazole rings is 1. The van der Waals surface area contributed by atoms with Gasteiger partial charge < -0.3 is 0 Å². The van der Waals surface area contributed by atoms with Crippen LogP contribution in [0.15, 0.2) is 60.9 Å². The van der Waals surface area contributed by atoms with Gasteiger partial charge in [-0.15, -0.1) is 11.3 Å². The minimum absolute atomic E-state index is 0.310. The van der Waals surface area contributed by atoms with Crippen LogP contribution in [0.4, 0.5) is 0 Å². The maximum atomic E-state index is 12.3. The van der Waals surface area contributed by atoms with Crippen molar-refractivity contribution in [3.63, 3.8) is 0 Å². The van der Waals surface area contributed by atoms with E-state index in [-0.39, 0.29) is 0 Å². The van der Waals surface area contributed by atoms with Gasteiger partial charge in [-0.2, -0.15) is 0 Å². The van der Waals surface area contributed by atoms with Crippen LogP contribution in [0.1, 0.15) is 36.2 Å². The van der Waals surface area contributed by atoms with Crippen LogP contribution in [0.3, 0.4) is 0 Å². The smallest absolute Gasteiger partial charge is 0.267 e. The number of rotatable bonds is 2.